The zero-order valence-corrected chi connectivity index (χ0v) is 21.7. The van der Waals surface area contributed by atoms with Crippen molar-refractivity contribution >= 4 is 35.5 Å². The molecule has 0 aliphatic carbocycles. The molecule has 19 heteroatoms. The van der Waals surface area contributed by atoms with E-state index in [0.717, 1.165) is 10.6 Å². The van der Waals surface area contributed by atoms with Gasteiger partial charge in [0.25, 0.3) is 5.56 Å². The molecular weight excluding hydrogens is 561 g/mol. The highest BCUT2D eigenvalue weighted by Crippen LogP contribution is 2.51. The van der Waals surface area contributed by atoms with Crippen molar-refractivity contribution in [2.75, 3.05) is 26.1 Å². The number of imidazole rings is 1. The Kier molecular flexibility index (Phi) is 7.15. The quantitative estimate of drug-likeness (QED) is 0.203. The Bertz CT molecular complexity index is 1650. The standard InChI is InChI=1S/C20H22N7O10PS/c1-33-16-15(10(5-28)36-19(16)26-3-2-12(30)25-20(26)31)37-38(32,39)34-6-11-9(29)4-13(35-11)27-8-24-14-17(21)22-7-23-18(14)27/h2-3,7-8,13,16,19,28-29H,4-6H2,1H3,(H,32,39)(H2,21,22,23)(H,25,30,31)/t13?,16?,19-,38?/m1/s1. The van der Waals surface area contributed by atoms with Crippen LogP contribution in [0.2, 0.25) is 0 Å². The van der Waals surface area contributed by atoms with E-state index >= 15 is 0 Å². The van der Waals surface area contributed by atoms with Crippen molar-refractivity contribution in [2.45, 2.75) is 25.0 Å². The van der Waals surface area contributed by atoms with Crippen molar-refractivity contribution < 1.29 is 38.4 Å². The van der Waals surface area contributed by atoms with Crippen LogP contribution in [-0.4, -0.2) is 70.6 Å². The lowest BCUT2D eigenvalue weighted by Gasteiger charge is -2.23. The van der Waals surface area contributed by atoms with Gasteiger partial charge >= 0.3 is 12.4 Å². The fourth-order valence-corrected chi connectivity index (χ4v) is 5.21. The Labute approximate surface area is 223 Å². The summed E-state index contributed by atoms with van der Waals surface area (Å²) in [7, 11) is 1.27. The second-order valence-corrected chi connectivity index (χ2v) is 11.0. The van der Waals surface area contributed by atoms with E-state index < -0.39 is 49.7 Å². The first-order valence-electron chi connectivity index (χ1n) is 11.1. The molecule has 208 valence electrons. The van der Waals surface area contributed by atoms with Crippen LogP contribution in [0.3, 0.4) is 0 Å². The lowest BCUT2D eigenvalue weighted by atomic mass is 10.2. The van der Waals surface area contributed by atoms with Gasteiger partial charge in [0.05, 0.1) is 6.42 Å². The molecule has 3 aromatic heterocycles. The van der Waals surface area contributed by atoms with Crippen molar-refractivity contribution in [1.82, 2.24) is 29.1 Å². The Morgan fingerprint density at radius 3 is 2.77 bits per heavy atom. The minimum absolute atomic E-state index is 0.0178. The number of hydrogen-bond acceptors (Lipinski definition) is 14. The van der Waals surface area contributed by atoms with Crippen LogP contribution in [-0.2, 0) is 35.1 Å². The molecule has 0 amide bonds. The van der Waals surface area contributed by atoms with Crippen molar-refractivity contribution in [3.8, 4) is 0 Å². The van der Waals surface area contributed by atoms with Crippen molar-refractivity contribution in [3.63, 3.8) is 0 Å². The van der Waals surface area contributed by atoms with Crippen molar-refractivity contribution in [2.24, 2.45) is 0 Å². The summed E-state index contributed by atoms with van der Waals surface area (Å²) in [5.41, 5.74) is 5.15. The van der Waals surface area contributed by atoms with Gasteiger partial charge in [-0.15, -0.1) is 0 Å². The summed E-state index contributed by atoms with van der Waals surface area (Å²) in [4.78, 5) is 48.7. The van der Waals surface area contributed by atoms with Gasteiger partial charge in [0, 0.05) is 31.2 Å². The van der Waals surface area contributed by atoms with Crippen LogP contribution in [0.1, 0.15) is 18.9 Å². The van der Waals surface area contributed by atoms with E-state index in [4.69, 9.17) is 40.8 Å². The van der Waals surface area contributed by atoms with E-state index in [9.17, 15) is 24.7 Å². The highest BCUT2D eigenvalue weighted by atomic mass is 32.5. The fourth-order valence-electron chi connectivity index (χ4n) is 4.02. The zero-order chi connectivity index (χ0) is 27.9. The topological polar surface area (TPSA) is 231 Å². The molecule has 0 fully saturated rings. The van der Waals surface area contributed by atoms with Gasteiger partial charge in [-0.3, -0.25) is 23.4 Å². The molecular formula is C20H22N7O10PS. The summed E-state index contributed by atoms with van der Waals surface area (Å²) in [6.45, 7) is -5.27. The number of anilines is 1. The number of hydrogen-bond donors (Lipinski definition) is 5. The Morgan fingerprint density at radius 1 is 1.26 bits per heavy atom. The molecule has 0 saturated carbocycles. The number of nitrogens with one attached hydrogen (secondary N) is 1. The minimum atomic E-state index is -4.11. The van der Waals surface area contributed by atoms with Crippen LogP contribution in [0, 0.1) is 0 Å². The average molecular weight is 583 g/mol. The van der Waals surface area contributed by atoms with Gasteiger partial charge in [-0.05, 0) is 0 Å². The highest BCUT2D eigenvalue weighted by Gasteiger charge is 2.43. The second-order valence-electron chi connectivity index (χ2n) is 8.19. The van der Waals surface area contributed by atoms with Gasteiger partial charge in [-0.2, -0.15) is 0 Å². The number of methoxy groups -OCH3 is 1. The number of aliphatic hydroxyl groups excluding tert-OH is 2. The number of aliphatic hydroxyl groups is 2. The van der Waals surface area contributed by atoms with Gasteiger partial charge in [0.2, 0.25) is 6.23 Å². The van der Waals surface area contributed by atoms with E-state index in [1.165, 1.54) is 26.0 Å². The van der Waals surface area contributed by atoms with Crippen LogP contribution in [0.15, 0.2) is 57.5 Å². The fraction of sp³-hybridized carbons (Fsp3) is 0.350. The summed E-state index contributed by atoms with van der Waals surface area (Å²) in [6.07, 6.45) is 0.843. The van der Waals surface area contributed by atoms with Gasteiger partial charge in [-0.1, -0.05) is 0 Å². The first-order chi connectivity index (χ1) is 18.6. The van der Waals surface area contributed by atoms with Crippen LogP contribution in [0.4, 0.5) is 5.82 Å². The Balaban J connectivity index is 1.28. The van der Waals surface area contributed by atoms with Crippen LogP contribution < -0.4 is 17.0 Å². The Hall–Kier alpha value is -3.80. The monoisotopic (exact) mass is 583 g/mol. The predicted octanol–water partition coefficient (Wildman–Crippen LogP) is -0.355. The van der Waals surface area contributed by atoms with Crippen molar-refractivity contribution in [3.05, 3.63) is 68.8 Å². The molecule has 6 N–H and O–H groups in total. The maximum absolute atomic E-state index is 12.3. The van der Waals surface area contributed by atoms with Gasteiger partial charge in [0.1, 0.15) is 37.1 Å². The number of nitrogens with two attached hydrogens (primary N) is 1. The molecule has 2 aliphatic rings. The number of H-pyrrole nitrogens is 1. The van der Waals surface area contributed by atoms with Crippen LogP contribution in [0.25, 0.3) is 11.2 Å². The van der Waals surface area contributed by atoms with Gasteiger partial charge in [0.15, 0.2) is 41.1 Å². The molecule has 0 bridgehead atoms. The molecule has 39 heavy (non-hydrogen) atoms. The maximum atomic E-state index is 12.3. The number of ether oxygens (including phenoxy) is 3. The number of nitrogens with zero attached hydrogens (tertiary/aromatic N) is 5. The average Bonchev–Trinajstić information content (AvgIpc) is 3.58. The lowest BCUT2D eigenvalue weighted by Crippen LogP contribution is -2.36. The molecule has 4 atom stereocenters. The summed E-state index contributed by atoms with van der Waals surface area (Å²) >= 11 is 5.11. The number of nitrogen functional groups attached to an aromatic ring is 1. The van der Waals surface area contributed by atoms with Gasteiger partial charge < -0.3 is 39.6 Å². The number of aromatic nitrogens is 6. The largest absolute Gasteiger partial charge is 0.508 e. The van der Waals surface area contributed by atoms with E-state index in [0.29, 0.717) is 11.2 Å². The zero-order valence-electron chi connectivity index (χ0n) is 20.0. The molecule has 5 heterocycles. The van der Waals surface area contributed by atoms with Gasteiger partial charge in [-0.25, -0.2) is 19.7 Å². The van der Waals surface area contributed by atoms with Crippen LogP contribution >= 0.6 is 6.72 Å². The van der Waals surface area contributed by atoms with Crippen molar-refractivity contribution in [1.29, 1.82) is 0 Å². The summed E-state index contributed by atoms with van der Waals surface area (Å²) in [5.74, 6) is -0.379. The highest BCUT2D eigenvalue weighted by molar-refractivity contribution is 8.07. The third-order valence-electron chi connectivity index (χ3n) is 5.82. The first kappa shape index (κ1) is 26.8. The van der Waals surface area contributed by atoms with E-state index in [1.54, 1.807) is 4.57 Å². The molecule has 5 rings (SSSR count). The number of aromatic amines is 1. The van der Waals surface area contributed by atoms with E-state index in [2.05, 4.69) is 19.9 Å². The first-order valence-corrected chi connectivity index (χ1v) is 13.7. The summed E-state index contributed by atoms with van der Waals surface area (Å²) in [5, 5.41) is 20.2. The van der Waals surface area contributed by atoms with Crippen LogP contribution in [0.5, 0.6) is 0 Å². The minimum Gasteiger partial charge on any atom is -0.508 e. The third-order valence-corrected chi connectivity index (χ3v) is 7.24. The molecule has 17 nitrogen and oxygen atoms in total. The molecule has 0 saturated heterocycles. The summed E-state index contributed by atoms with van der Waals surface area (Å²) < 4.78 is 30.2. The molecule has 3 unspecified atom stereocenters. The third kappa shape index (κ3) is 5.12. The molecule has 0 spiro atoms. The molecule has 0 aromatic carbocycles. The van der Waals surface area contributed by atoms with E-state index in [1.807, 2.05) is 0 Å². The maximum Gasteiger partial charge on any atom is 0.378 e. The predicted molar refractivity (Wildman–Crippen MR) is 134 cm³/mol. The molecule has 3 aromatic rings. The normalized spacial score (nSPS) is 22.7. The second kappa shape index (κ2) is 10.4. The molecule has 2 aliphatic heterocycles. The number of fused-ring (bicyclic) bond motifs is 1. The number of rotatable bonds is 9. The SMILES string of the molecule is COC1C(OP(O)(=S)OCC2=C(O)CC(n3cnc4c(N)ncnc43)O2)=C(CO)O[C@H]1n1ccc(=O)[nH]c1=O. The Morgan fingerprint density at radius 2 is 2.05 bits per heavy atom. The lowest BCUT2D eigenvalue weighted by molar-refractivity contribution is -0.0370. The summed E-state index contributed by atoms with van der Waals surface area (Å²) in [6, 6.07) is 1.10. The molecule has 0 radical (unpaired) electrons. The van der Waals surface area contributed by atoms with E-state index in [-0.39, 0.29) is 35.3 Å². The smallest absolute Gasteiger partial charge is 0.378 e.